The Morgan fingerprint density at radius 1 is 1.31 bits per heavy atom. The second-order valence-corrected chi connectivity index (χ2v) is 6.65. The molecule has 1 fully saturated rings. The minimum Gasteiger partial charge on any atom is -0.497 e. The maximum Gasteiger partial charge on any atom is 0.191 e. The number of ether oxygens (including phenoxy) is 1. The molecule has 0 radical (unpaired) electrons. The van der Waals surface area contributed by atoms with Crippen LogP contribution in [0.5, 0.6) is 5.75 Å². The van der Waals surface area contributed by atoms with Crippen molar-refractivity contribution in [1.29, 1.82) is 0 Å². The van der Waals surface area contributed by atoms with Crippen LogP contribution >= 0.6 is 35.3 Å². The van der Waals surface area contributed by atoms with E-state index in [1.165, 1.54) is 0 Å². The van der Waals surface area contributed by atoms with Crippen LogP contribution in [0.25, 0.3) is 0 Å². The maximum atomic E-state index is 10.3. The number of aliphatic hydroxyl groups is 1. The number of aliphatic hydroxyl groups excluding tert-OH is 1. The fourth-order valence-electron chi connectivity index (χ4n) is 2.71. The van der Waals surface area contributed by atoms with Crippen molar-refractivity contribution in [2.45, 2.75) is 6.10 Å². The molecule has 9 heteroatoms. The fourth-order valence-corrected chi connectivity index (χ4v) is 3.41. The number of aliphatic imine (C=N–C) groups is 1. The molecule has 3 N–H and O–H groups in total. The quantitative estimate of drug-likeness (QED) is 0.380. The highest BCUT2D eigenvalue weighted by Gasteiger charge is 2.20. The zero-order valence-electron chi connectivity index (χ0n) is 14.6. The number of anilines is 1. The Kier molecular flexibility index (Phi) is 7.91. The summed E-state index contributed by atoms with van der Waals surface area (Å²) in [5.41, 5.74) is 6.90. The SMILES string of the molecule is COc1ccc(C(O)CN=C(N)N2CCN(c3nccs3)CC2)cc1.I. The molecule has 0 spiro atoms. The third-order valence-electron chi connectivity index (χ3n) is 4.22. The molecule has 1 saturated heterocycles. The molecular formula is C17H24IN5O2S. The number of hydrogen-bond donors (Lipinski definition) is 2. The van der Waals surface area contributed by atoms with Gasteiger partial charge in [0.05, 0.1) is 19.8 Å². The average molecular weight is 489 g/mol. The van der Waals surface area contributed by atoms with Crippen molar-refractivity contribution < 1.29 is 9.84 Å². The van der Waals surface area contributed by atoms with Crippen LogP contribution in [0.15, 0.2) is 40.8 Å². The van der Waals surface area contributed by atoms with Gasteiger partial charge in [-0.15, -0.1) is 35.3 Å². The van der Waals surface area contributed by atoms with Crippen molar-refractivity contribution in [1.82, 2.24) is 9.88 Å². The van der Waals surface area contributed by atoms with Gasteiger partial charge in [-0.05, 0) is 17.7 Å². The molecule has 1 aliphatic heterocycles. The van der Waals surface area contributed by atoms with Gasteiger partial charge in [-0.25, -0.2) is 4.98 Å². The van der Waals surface area contributed by atoms with Crippen LogP contribution in [0.2, 0.25) is 0 Å². The van der Waals surface area contributed by atoms with E-state index in [1.54, 1.807) is 18.4 Å². The van der Waals surface area contributed by atoms with E-state index in [0.29, 0.717) is 5.96 Å². The highest BCUT2D eigenvalue weighted by Crippen LogP contribution is 2.19. The Balaban J connectivity index is 0.00000243. The van der Waals surface area contributed by atoms with Gasteiger partial charge in [-0.3, -0.25) is 4.99 Å². The summed E-state index contributed by atoms with van der Waals surface area (Å²) in [5.74, 6) is 1.24. The first-order chi connectivity index (χ1) is 12.2. The summed E-state index contributed by atoms with van der Waals surface area (Å²) in [5, 5.41) is 13.3. The van der Waals surface area contributed by atoms with Gasteiger partial charge in [0.15, 0.2) is 11.1 Å². The lowest BCUT2D eigenvalue weighted by molar-refractivity contribution is 0.186. The van der Waals surface area contributed by atoms with Gasteiger partial charge in [-0.1, -0.05) is 12.1 Å². The summed E-state index contributed by atoms with van der Waals surface area (Å²) in [6, 6.07) is 7.32. The molecule has 1 aromatic heterocycles. The Morgan fingerprint density at radius 3 is 2.58 bits per heavy atom. The molecule has 1 aromatic carbocycles. The Bertz CT molecular complexity index is 688. The van der Waals surface area contributed by atoms with Crippen LogP contribution in [-0.2, 0) is 0 Å². The van der Waals surface area contributed by atoms with Gasteiger partial charge in [0.25, 0.3) is 0 Å². The first-order valence-corrected chi connectivity index (χ1v) is 9.06. The highest BCUT2D eigenvalue weighted by molar-refractivity contribution is 14.0. The van der Waals surface area contributed by atoms with Gasteiger partial charge in [-0.2, -0.15) is 0 Å². The van der Waals surface area contributed by atoms with Gasteiger partial charge < -0.3 is 25.4 Å². The Hall–Kier alpha value is -1.59. The van der Waals surface area contributed by atoms with Gasteiger partial charge in [0.2, 0.25) is 0 Å². The van der Waals surface area contributed by atoms with Crippen LogP contribution in [0.1, 0.15) is 11.7 Å². The monoisotopic (exact) mass is 489 g/mol. The van der Waals surface area contributed by atoms with Crippen LogP contribution in [0.4, 0.5) is 5.13 Å². The van der Waals surface area contributed by atoms with E-state index in [1.807, 2.05) is 40.7 Å². The van der Waals surface area contributed by atoms with Crippen molar-refractivity contribution in [2.24, 2.45) is 10.7 Å². The molecule has 1 aliphatic rings. The largest absolute Gasteiger partial charge is 0.497 e. The van der Waals surface area contributed by atoms with Crippen molar-refractivity contribution >= 4 is 46.4 Å². The zero-order valence-corrected chi connectivity index (χ0v) is 17.8. The predicted octanol–water partition coefficient (Wildman–Crippen LogP) is 1.94. The van der Waals surface area contributed by atoms with Gasteiger partial charge in [0.1, 0.15) is 5.75 Å². The Labute approximate surface area is 174 Å². The number of aromatic nitrogens is 1. The number of methoxy groups -OCH3 is 1. The smallest absolute Gasteiger partial charge is 0.191 e. The molecule has 2 heterocycles. The molecule has 0 amide bonds. The standard InChI is InChI=1S/C17H23N5O2S.HI/c1-24-14-4-2-13(3-5-14)15(23)12-20-16(18)21-7-9-22(10-8-21)17-19-6-11-25-17;/h2-6,11,15,23H,7-10,12H2,1H3,(H2,18,20);1H. The molecule has 0 saturated carbocycles. The molecule has 7 nitrogen and oxygen atoms in total. The first kappa shape index (κ1) is 20.7. The van der Waals surface area contributed by atoms with Crippen LogP contribution < -0.4 is 15.4 Å². The van der Waals surface area contributed by atoms with Gasteiger partial charge >= 0.3 is 0 Å². The van der Waals surface area contributed by atoms with E-state index in [4.69, 9.17) is 10.5 Å². The molecule has 2 aromatic rings. The van der Waals surface area contributed by atoms with E-state index in [0.717, 1.165) is 42.6 Å². The summed E-state index contributed by atoms with van der Waals surface area (Å²) < 4.78 is 5.12. The molecule has 142 valence electrons. The summed E-state index contributed by atoms with van der Waals surface area (Å²) in [4.78, 5) is 13.0. The minimum absolute atomic E-state index is 0. The first-order valence-electron chi connectivity index (χ1n) is 8.18. The molecule has 0 aliphatic carbocycles. The Morgan fingerprint density at radius 2 is 2.00 bits per heavy atom. The minimum atomic E-state index is -0.680. The lowest BCUT2D eigenvalue weighted by atomic mass is 10.1. The van der Waals surface area contributed by atoms with E-state index >= 15 is 0 Å². The normalized spacial score (nSPS) is 16.2. The number of rotatable bonds is 5. The second-order valence-electron chi connectivity index (χ2n) is 5.78. The second kappa shape index (κ2) is 9.93. The molecule has 26 heavy (non-hydrogen) atoms. The van der Waals surface area contributed by atoms with Crippen molar-refractivity contribution in [3.63, 3.8) is 0 Å². The van der Waals surface area contributed by atoms with E-state index in [-0.39, 0.29) is 30.5 Å². The number of piperazine rings is 1. The highest BCUT2D eigenvalue weighted by atomic mass is 127. The summed E-state index contributed by atoms with van der Waals surface area (Å²) in [7, 11) is 1.62. The number of hydrogen-bond acceptors (Lipinski definition) is 6. The van der Waals surface area contributed by atoms with Gasteiger partial charge in [0, 0.05) is 37.8 Å². The van der Waals surface area contributed by atoms with Crippen LogP contribution in [0.3, 0.4) is 0 Å². The lowest BCUT2D eigenvalue weighted by Crippen LogP contribution is -2.51. The zero-order chi connectivity index (χ0) is 17.6. The van der Waals surface area contributed by atoms with Crippen molar-refractivity contribution in [2.75, 3.05) is 44.7 Å². The summed E-state index contributed by atoms with van der Waals surface area (Å²) >= 11 is 1.65. The lowest BCUT2D eigenvalue weighted by Gasteiger charge is -2.35. The third-order valence-corrected chi connectivity index (χ3v) is 5.05. The number of nitrogens with two attached hydrogens (primary N) is 1. The maximum absolute atomic E-state index is 10.3. The molecule has 3 rings (SSSR count). The van der Waals surface area contributed by atoms with Crippen molar-refractivity contribution in [3.05, 3.63) is 41.4 Å². The predicted molar refractivity (Wildman–Crippen MR) is 116 cm³/mol. The summed E-state index contributed by atoms with van der Waals surface area (Å²) in [6.07, 6.45) is 1.14. The number of thiazole rings is 1. The van der Waals surface area contributed by atoms with E-state index < -0.39 is 6.10 Å². The molecule has 1 unspecified atom stereocenters. The number of halogens is 1. The number of benzene rings is 1. The van der Waals surface area contributed by atoms with Crippen molar-refractivity contribution in [3.8, 4) is 5.75 Å². The topological polar surface area (TPSA) is 87.2 Å². The number of guanidine groups is 1. The van der Waals surface area contributed by atoms with E-state index in [2.05, 4.69) is 14.9 Å². The number of nitrogens with zero attached hydrogens (tertiary/aromatic N) is 4. The molecule has 0 bridgehead atoms. The summed E-state index contributed by atoms with van der Waals surface area (Å²) in [6.45, 7) is 3.57. The molecular weight excluding hydrogens is 465 g/mol. The van der Waals surface area contributed by atoms with Crippen LogP contribution in [-0.4, -0.2) is 60.8 Å². The third kappa shape index (κ3) is 5.21. The van der Waals surface area contributed by atoms with E-state index in [9.17, 15) is 5.11 Å². The fraction of sp³-hybridized carbons (Fsp3) is 0.412. The average Bonchev–Trinajstić information content (AvgIpc) is 3.21. The van der Waals surface area contributed by atoms with Crippen LogP contribution in [0, 0.1) is 0 Å². The molecule has 1 atom stereocenters.